The van der Waals surface area contributed by atoms with E-state index in [1.807, 2.05) is 12.3 Å². The monoisotopic (exact) mass is 377 g/mol. The van der Waals surface area contributed by atoms with Crippen molar-refractivity contribution in [3.63, 3.8) is 0 Å². The average Bonchev–Trinajstić information content (AvgIpc) is 3.25. The summed E-state index contributed by atoms with van der Waals surface area (Å²) in [6.07, 6.45) is 7.46. The summed E-state index contributed by atoms with van der Waals surface area (Å²) in [4.78, 5) is 13.7. The number of nitrogens with two attached hydrogens (primary N) is 1. The first kappa shape index (κ1) is 18.4. The van der Waals surface area contributed by atoms with Crippen LogP contribution in [0.25, 0.3) is 5.82 Å². The molecule has 28 heavy (non-hydrogen) atoms. The molecule has 146 valence electrons. The minimum atomic E-state index is 0.474. The van der Waals surface area contributed by atoms with Gasteiger partial charge in [-0.15, -0.1) is 0 Å². The van der Waals surface area contributed by atoms with Gasteiger partial charge in [0, 0.05) is 44.6 Å². The Balaban J connectivity index is 1.54. The quantitative estimate of drug-likeness (QED) is 0.712. The lowest BCUT2D eigenvalue weighted by atomic mass is 10.0. The molecule has 1 saturated heterocycles. The van der Waals surface area contributed by atoms with E-state index in [1.165, 1.54) is 5.56 Å². The molecule has 7 nitrogen and oxygen atoms in total. The van der Waals surface area contributed by atoms with E-state index in [1.54, 1.807) is 17.2 Å². The zero-order valence-electron chi connectivity index (χ0n) is 16.3. The maximum Gasteiger partial charge on any atom is 0.181 e. The Bertz CT molecular complexity index is 879. The number of piperazine rings is 1. The van der Waals surface area contributed by atoms with Crippen LogP contribution in [0, 0.1) is 0 Å². The molecule has 1 unspecified atom stereocenters. The van der Waals surface area contributed by atoms with Gasteiger partial charge in [-0.05, 0) is 18.1 Å². The Kier molecular flexibility index (Phi) is 5.53. The van der Waals surface area contributed by atoms with Crippen LogP contribution >= 0.6 is 0 Å². The second-order valence-electron chi connectivity index (χ2n) is 7.23. The lowest BCUT2D eigenvalue weighted by molar-refractivity contribution is 0.158. The minimum absolute atomic E-state index is 0.474. The minimum Gasteiger partial charge on any atom is -0.393 e. The van der Waals surface area contributed by atoms with Crippen molar-refractivity contribution in [2.45, 2.75) is 32.4 Å². The van der Waals surface area contributed by atoms with Crippen molar-refractivity contribution in [1.82, 2.24) is 24.6 Å². The normalized spacial score (nSPS) is 17.8. The van der Waals surface area contributed by atoms with Gasteiger partial charge in [0.25, 0.3) is 0 Å². The number of benzene rings is 1. The van der Waals surface area contributed by atoms with Gasteiger partial charge >= 0.3 is 0 Å². The smallest absolute Gasteiger partial charge is 0.181 e. The van der Waals surface area contributed by atoms with Crippen LogP contribution in [0.15, 0.2) is 55.1 Å². The average molecular weight is 377 g/mol. The van der Waals surface area contributed by atoms with Gasteiger partial charge in [0.15, 0.2) is 11.6 Å². The Morgan fingerprint density at radius 1 is 1.07 bits per heavy atom. The second kappa shape index (κ2) is 8.39. The van der Waals surface area contributed by atoms with Gasteiger partial charge in [0.05, 0.1) is 0 Å². The van der Waals surface area contributed by atoms with Crippen LogP contribution < -0.4 is 10.6 Å². The maximum atomic E-state index is 6.44. The Labute approximate surface area is 165 Å². The lowest BCUT2D eigenvalue weighted by Gasteiger charge is -2.42. The third-order valence-corrected chi connectivity index (χ3v) is 5.32. The van der Waals surface area contributed by atoms with Gasteiger partial charge in [-0.25, -0.2) is 14.6 Å². The largest absolute Gasteiger partial charge is 0.393 e. The number of aromatic nitrogens is 4. The first-order valence-electron chi connectivity index (χ1n) is 9.89. The maximum absolute atomic E-state index is 6.44. The third kappa shape index (κ3) is 3.84. The van der Waals surface area contributed by atoms with Crippen molar-refractivity contribution in [1.29, 1.82) is 0 Å². The molecule has 0 spiro atoms. The molecule has 0 amide bonds. The fourth-order valence-electron chi connectivity index (χ4n) is 3.92. The number of rotatable bonds is 6. The van der Waals surface area contributed by atoms with Crippen molar-refractivity contribution in [2.75, 3.05) is 30.3 Å². The van der Waals surface area contributed by atoms with Gasteiger partial charge in [-0.3, -0.25) is 4.90 Å². The summed E-state index contributed by atoms with van der Waals surface area (Å²) in [5.41, 5.74) is 8.38. The Morgan fingerprint density at radius 2 is 1.89 bits per heavy atom. The summed E-state index contributed by atoms with van der Waals surface area (Å²) < 4.78 is 1.69. The molecule has 2 aromatic heterocycles. The number of nitrogens with zero attached hydrogens (tertiary/aromatic N) is 6. The van der Waals surface area contributed by atoms with Gasteiger partial charge in [-0.1, -0.05) is 43.7 Å². The van der Waals surface area contributed by atoms with E-state index in [-0.39, 0.29) is 0 Å². The molecule has 0 radical (unpaired) electrons. The predicted octanol–water partition coefficient (Wildman–Crippen LogP) is 2.74. The van der Waals surface area contributed by atoms with E-state index in [4.69, 9.17) is 5.73 Å². The van der Waals surface area contributed by atoms with Crippen LogP contribution in [0.2, 0.25) is 0 Å². The van der Waals surface area contributed by atoms with E-state index in [2.05, 4.69) is 62.1 Å². The molecule has 2 N–H and O–H groups in total. The number of hydrogen-bond donors (Lipinski definition) is 1. The topological polar surface area (TPSA) is 76.1 Å². The van der Waals surface area contributed by atoms with Crippen LogP contribution in [-0.2, 0) is 6.54 Å². The molecule has 3 aromatic rings. The lowest BCUT2D eigenvalue weighted by Crippen LogP contribution is -2.53. The Morgan fingerprint density at radius 3 is 2.64 bits per heavy atom. The molecule has 1 aliphatic rings. The van der Waals surface area contributed by atoms with E-state index in [0.29, 0.717) is 17.5 Å². The number of hydrogen-bond acceptors (Lipinski definition) is 6. The molecular weight excluding hydrogens is 350 g/mol. The zero-order chi connectivity index (χ0) is 19.3. The van der Waals surface area contributed by atoms with Crippen molar-refractivity contribution in [3.05, 3.63) is 60.7 Å². The molecular formula is C21H27N7. The Hall–Kier alpha value is -2.93. The zero-order valence-corrected chi connectivity index (χ0v) is 16.3. The summed E-state index contributed by atoms with van der Waals surface area (Å²) in [6.45, 7) is 6.03. The first-order valence-corrected chi connectivity index (χ1v) is 9.89. The molecule has 1 aliphatic heterocycles. The van der Waals surface area contributed by atoms with Gasteiger partial charge in [0.1, 0.15) is 12.0 Å². The molecule has 0 saturated carbocycles. The SMILES string of the molecule is CCCC1CN(c2ncnc(-n3cccn3)c2N)CCN1Cc1ccccc1. The van der Waals surface area contributed by atoms with Gasteiger partial charge < -0.3 is 10.6 Å². The molecule has 1 aromatic carbocycles. The second-order valence-corrected chi connectivity index (χ2v) is 7.23. The van der Waals surface area contributed by atoms with Crippen LogP contribution in [0.4, 0.5) is 11.5 Å². The predicted molar refractivity (Wildman–Crippen MR) is 111 cm³/mol. The van der Waals surface area contributed by atoms with Crippen molar-refractivity contribution in [2.24, 2.45) is 0 Å². The van der Waals surface area contributed by atoms with E-state index >= 15 is 0 Å². The molecule has 3 heterocycles. The molecule has 4 rings (SSSR count). The summed E-state index contributed by atoms with van der Waals surface area (Å²) >= 11 is 0. The van der Waals surface area contributed by atoms with Crippen LogP contribution in [0.1, 0.15) is 25.3 Å². The molecule has 0 aliphatic carbocycles. The molecule has 0 bridgehead atoms. The van der Waals surface area contributed by atoms with Crippen LogP contribution in [0.5, 0.6) is 0 Å². The van der Waals surface area contributed by atoms with Gasteiger partial charge in [-0.2, -0.15) is 5.10 Å². The summed E-state index contributed by atoms with van der Waals surface area (Å²) in [5.74, 6) is 1.44. The van der Waals surface area contributed by atoms with Crippen molar-refractivity contribution >= 4 is 11.5 Å². The number of nitrogen functional groups attached to an aromatic ring is 1. The van der Waals surface area contributed by atoms with Crippen molar-refractivity contribution in [3.8, 4) is 5.82 Å². The highest BCUT2D eigenvalue weighted by Gasteiger charge is 2.28. The molecule has 1 fully saturated rings. The highest BCUT2D eigenvalue weighted by molar-refractivity contribution is 5.70. The summed E-state index contributed by atoms with van der Waals surface area (Å²) in [7, 11) is 0. The fraction of sp³-hybridized carbons (Fsp3) is 0.381. The van der Waals surface area contributed by atoms with Crippen LogP contribution in [-0.4, -0.2) is 50.3 Å². The molecule has 7 heteroatoms. The first-order chi connectivity index (χ1) is 13.8. The summed E-state index contributed by atoms with van der Waals surface area (Å²) in [5, 5.41) is 4.26. The van der Waals surface area contributed by atoms with Crippen LogP contribution in [0.3, 0.4) is 0 Å². The third-order valence-electron chi connectivity index (χ3n) is 5.32. The van der Waals surface area contributed by atoms with E-state index in [9.17, 15) is 0 Å². The standard InChI is InChI=1S/C21H27N7/c1-2-7-18-15-27(13-12-26(18)14-17-8-4-3-5-9-17)20-19(22)21(24-16-23-20)28-11-6-10-25-28/h3-6,8-11,16,18H,2,7,12-15,22H2,1H3. The van der Waals surface area contributed by atoms with Gasteiger partial charge in [0.2, 0.25) is 0 Å². The number of anilines is 2. The van der Waals surface area contributed by atoms with Crippen molar-refractivity contribution < 1.29 is 0 Å². The fourth-order valence-corrected chi connectivity index (χ4v) is 3.92. The highest BCUT2D eigenvalue weighted by Crippen LogP contribution is 2.28. The summed E-state index contributed by atoms with van der Waals surface area (Å²) in [6, 6.07) is 13.0. The highest BCUT2D eigenvalue weighted by atomic mass is 15.3. The molecule has 1 atom stereocenters. The van der Waals surface area contributed by atoms with E-state index < -0.39 is 0 Å². The van der Waals surface area contributed by atoms with E-state index in [0.717, 1.165) is 44.8 Å².